The number of rotatable bonds is 5. The van der Waals surface area contributed by atoms with E-state index in [1.165, 1.54) is 0 Å². The highest BCUT2D eigenvalue weighted by molar-refractivity contribution is 5.59. The summed E-state index contributed by atoms with van der Waals surface area (Å²) in [5, 5.41) is 12.7. The van der Waals surface area contributed by atoms with Gasteiger partial charge in [0.25, 0.3) is 0 Å². The third-order valence-corrected chi connectivity index (χ3v) is 3.73. The van der Waals surface area contributed by atoms with Crippen LogP contribution in [-0.4, -0.2) is 5.54 Å². The van der Waals surface area contributed by atoms with Crippen LogP contribution in [0.3, 0.4) is 0 Å². The molecule has 0 atom stereocenters. The molecule has 0 fully saturated rings. The van der Waals surface area contributed by atoms with Crippen molar-refractivity contribution < 1.29 is 0 Å². The fraction of sp³-hybridized carbons (Fsp3) is 0.533. The standard InChI is InChI=1S/C15H22N2/c1-5-15(6-2,7-3)17-14-9-8-12(4)10-13(14)11-16/h8-10,17H,5-7H2,1-4H3. The summed E-state index contributed by atoms with van der Waals surface area (Å²) in [6.07, 6.45) is 3.20. The van der Waals surface area contributed by atoms with Gasteiger partial charge in [0.2, 0.25) is 0 Å². The molecule has 0 saturated carbocycles. The lowest BCUT2D eigenvalue weighted by Crippen LogP contribution is -2.36. The second-order valence-electron chi connectivity index (χ2n) is 4.63. The molecule has 17 heavy (non-hydrogen) atoms. The second-order valence-corrected chi connectivity index (χ2v) is 4.63. The van der Waals surface area contributed by atoms with Crippen molar-refractivity contribution in [3.63, 3.8) is 0 Å². The van der Waals surface area contributed by atoms with E-state index in [-0.39, 0.29) is 5.54 Å². The topological polar surface area (TPSA) is 35.8 Å². The number of aryl methyl sites for hydroxylation is 1. The first-order chi connectivity index (χ1) is 8.10. The molecule has 0 amide bonds. The first-order valence-electron chi connectivity index (χ1n) is 6.39. The first kappa shape index (κ1) is 13.6. The average Bonchev–Trinajstić information content (AvgIpc) is 2.37. The molecular weight excluding hydrogens is 208 g/mol. The van der Waals surface area contributed by atoms with E-state index in [9.17, 15) is 0 Å². The zero-order valence-electron chi connectivity index (χ0n) is 11.3. The van der Waals surface area contributed by atoms with Crippen LogP contribution < -0.4 is 5.32 Å². The largest absolute Gasteiger partial charge is 0.379 e. The first-order valence-corrected chi connectivity index (χ1v) is 6.39. The van der Waals surface area contributed by atoms with Gasteiger partial charge in [-0.1, -0.05) is 26.8 Å². The number of hydrogen-bond donors (Lipinski definition) is 1. The van der Waals surface area contributed by atoms with E-state index in [2.05, 4.69) is 38.2 Å². The van der Waals surface area contributed by atoms with E-state index >= 15 is 0 Å². The second kappa shape index (κ2) is 5.72. The lowest BCUT2D eigenvalue weighted by Gasteiger charge is -2.33. The molecule has 0 aliphatic rings. The Kier molecular flexibility index (Phi) is 4.57. The van der Waals surface area contributed by atoms with Crippen LogP contribution >= 0.6 is 0 Å². The van der Waals surface area contributed by atoms with Crippen LogP contribution in [0.1, 0.15) is 51.2 Å². The molecule has 1 aromatic carbocycles. The molecule has 0 bridgehead atoms. The number of nitrogens with one attached hydrogen (secondary N) is 1. The van der Waals surface area contributed by atoms with Gasteiger partial charge >= 0.3 is 0 Å². The number of benzene rings is 1. The molecule has 2 heteroatoms. The fourth-order valence-electron chi connectivity index (χ4n) is 2.16. The van der Waals surface area contributed by atoms with Crippen LogP contribution in [0.25, 0.3) is 0 Å². The van der Waals surface area contributed by atoms with Gasteiger partial charge in [0.05, 0.1) is 11.3 Å². The van der Waals surface area contributed by atoms with Crippen LogP contribution in [0.2, 0.25) is 0 Å². The maximum absolute atomic E-state index is 9.17. The predicted octanol–water partition coefficient (Wildman–Crippen LogP) is 4.25. The fourth-order valence-corrected chi connectivity index (χ4v) is 2.16. The molecule has 92 valence electrons. The smallest absolute Gasteiger partial charge is 0.101 e. The molecule has 0 spiro atoms. The van der Waals surface area contributed by atoms with Crippen molar-refractivity contribution in [3.8, 4) is 6.07 Å². The van der Waals surface area contributed by atoms with E-state index < -0.39 is 0 Å². The quantitative estimate of drug-likeness (QED) is 0.821. The summed E-state index contributed by atoms with van der Waals surface area (Å²) in [6.45, 7) is 8.60. The Bertz CT molecular complexity index is 403. The van der Waals surface area contributed by atoms with E-state index in [0.29, 0.717) is 0 Å². The van der Waals surface area contributed by atoms with Crippen molar-refractivity contribution in [1.29, 1.82) is 5.26 Å². The summed E-state index contributed by atoms with van der Waals surface area (Å²) in [7, 11) is 0. The molecule has 2 nitrogen and oxygen atoms in total. The van der Waals surface area contributed by atoms with E-state index in [0.717, 1.165) is 36.1 Å². The monoisotopic (exact) mass is 230 g/mol. The highest BCUT2D eigenvalue weighted by Crippen LogP contribution is 2.27. The Morgan fingerprint density at radius 3 is 2.24 bits per heavy atom. The number of nitriles is 1. The molecule has 1 rings (SSSR count). The van der Waals surface area contributed by atoms with Crippen molar-refractivity contribution in [1.82, 2.24) is 0 Å². The number of anilines is 1. The summed E-state index contributed by atoms with van der Waals surface area (Å²) in [6, 6.07) is 8.28. The molecular formula is C15H22N2. The van der Waals surface area contributed by atoms with Crippen LogP contribution in [-0.2, 0) is 0 Å². The van der Waals surface area contributed by atoms with Gasteiger partial charge in [-0.15, -0.1) is 0 Å². The van der Waals surface area contributed by atoms with Gasteiger partial charge < -0.3 is 5.32 Å². The Hall–Kier alpha value is -1.49. The number of hydrogen-bond acceptors (Lipinski definition) is 2. The summed E-state index contributed by atoms with van der Waals surface area (Å²) in [5.74, 6) is 0. The Labute approximate surface area is 105 Å². The van der Waals surface area contributed by atoms with Crippen molar-refractivity contribution in [2.24, 2.45) is 0 Å². The lowest BCUT2D eigenvalue weighted by atomic mass is 9.89. The zero-order chi connectivity index (χ0) is 12.9. The predicted molar refractivity (Wildman–Crippen MR) is 73.1 cm³/mol. The number of nitrogens with zero attached hydrogens (tertiary/aromatic N) is 1. The summed E-state index contributed by atoms with van der Waals surface area (Å²) < 4.78 is 0. The Morgan fingerprint density at radius 2 is 1.76 bits per heavy atom. The molecule has 0 aliphatic carbocycles. The Morgan fingerprint density at radius 1 is 1.18 bits per heavy atom. The van der Waals surface area contributed by atoms with Gasteiger partial charge in [-0.2, -0.15) is 5.26 Å². The molecule has 0 unspecified atom stereocenters. The summed E-state index contributed by atoms with van der Waals surface area (Å²) >= 11 is 0. The molecule has 0 heterocycles. The molecule has 0 saturated heterocycles. The van der Waals surface area contributed by atoms with Gasteiger partial charge in [0, 0.05) is 5.54 Å². The van der Waals surface area contributed by atoms with Gasteiger partial charge in [-0.05, 0) is 43.9 Å². The molecule has 0 aromatic heterocycles. The molecule has 0 aliphatic heterocycles. The van der Waals surface area contributed by atoms with Crippen LogP contribution in [0, 0.1) is 18.3 Å². The SMILES string of the molecule is CCC(CC)(CC)Nc1ccc(C)cc1C#N. The zero-order valence-corrected chi connectivity index (χ0v) is 11.3. The average molecular weight is 230 g/mol. The van der Waals surface area contributed by atoms with Crippen molar-refractivity contribution in [3.05, 3.63) is 29.3 Å². The highest BCUT2D eigenvalue weighted by Gasteiger charge is 2.24. The molecule has 1 aromatic rings. The minimum atomic E-state index is 0.112. The minimum absolute atomic E-state index is 0.112. The van der Waals surface area contributed by atoms with Crippen LogP contribution in [0.4, 0.5) is 5.69 Å². The van der Waals surface area contributed by atoms with Crippen molar-refractivity contribution >= 4 is 5.69 Å². The van der Waals surface area contributed by atoms with E-state index in [1.54, 1.807) is 0 Å². The highest BCUT2D eigenvalue weighted by atomic mass is 15.0. The summed E-state index contributed by atoms with van der Waals surface area (Å²) in [5.41, 5.74) is 2.94. The lowest BCUT2D eigenvalue weighted by molar-refractivity contribution is 0.420. The summed E-state index contributed by atoms with van der Waals surface area (Å²) in [4.78, 5) is 0. The maximum atomic E-state index is 9.17. The van der Waals surface area contributed by atoms with Gasteiger partial charge in [-0.25, -0.2) is 0 Å². The molecule has 0 radical (unpaired) electrons. The van der Waals surface area contributed by atoms with E-state index in [1.807, 2.05) is 19.1 Å². The Balaban J connectivity index is 3.06. The molecule has 1 N–H and O–H groups in total. The van der Waals surface area contributed by atoms with Gasteiger partial charge in [-0.3, -0.25) is 0 Å². The van der Waals surface area contributed by atoms with Gasteiger partial charge in [0.15, 0.2) is 0 Å². The van der Waals surface area contributed by atoms with Gasteiger partial charge in [0.1, 0.15) is 6.07 Å². The van der Waals surface area contributed by atoms with Crippen LogP contribution in [0.5, 0.6) is 0 Å². The van der Waals surface area contributed by atoms with Crippen molar-refractivity contribution in [2.75, 3.05) is 5.32 Å². The third-order valence-electron chi connectivity index (χ3n) is 3.73. The third kappa shape index (κ3) is 3.00. The van der Waals surface area contributed by atoms with E-state index in [4.69, 9.17) is 5.26 Å². The van der Waals surface area contributed by atoms with Crippen LogP contribution in [0.15, 0.2) is 18.2 Å². The van der Waals surface area contributed by atoms with Crippen molar-refractivity contribution in [2.45, 2.75) is 52.5 Å². The maximum Gasteiger partial charge on any atom is 0.101 e. The normalized spacial score (nSPS) is 11.0. The minimum Gasteiger partial charge on any atom is -0.379 e.